The molecule has 0 spiro atoms. The van der Waals surface area contributed by atoms with Gasteiger partial charge in [-0.3, -0.25) is 4.57 Å². The molecule has 0 saturated heterocycles. The molecular formula is C43H88O6P2Sn3. The van der Waals surface area contributed by atoms with Gasteiger partial charge < -0.3 is 23.8 Å². The Hall–Kier alpha value is 1.76. The summed E-state index contributed by atoms with van der Waals surface area (Å²) in [4.78, 5) is 31.6. The molecule has 318 valence electrons. The third-order valence-electron chi connectivity index (χ3n) is 9.29. The van der Waals surface area contributed by atoms with Crippen LogP contribution < -0.4 is 19.2 Å². The first-order valence-corrected chi connectivity index (χ1v) is 44.0. The van der Waals surface area contributed by atoms with E-state index >= 15 is 0 Å². The Bertz CT molecular complexity index is 856. The smallest absolute Gasteiger partial charge is 0.189 e. The summed E-state index contributed by atoms with van der Waals surface area (Å²) < 4.78 is 40.8. The van der Waals surface area contributed by atoms with Crippen molar-refractivity contribution in [1.29, 1.82) is 0 Å². The van der Waals surface area contributed by atoms with Gasteiger partial charge in [-0.2, -0.15) is 0 Å². The monoisotopic (exact) mass is 1120 g/mol. The molecule has 6 nitrogen and oxygen atoms in total. The van der Waals surface area contributed by atoms with Gasteiger partial charge in [-0.15, -0.1) is 0 Å². The van der Waals surface area contributed by atoms with Crippen LogP contribution in [0.4, 0.5) is 0 Å². The predicted octanol–water partition coefficient (Wildman–Crippen LogP) is 14.1. The summed E-state index contributed by atoms with van der Waals surface area (Å²) in [5.41, 5.74) is 0. The molecule has 0 aliphatic carbocycles. The van der Waals surface area contributed by atoms with Gasteiger partial charge in [-0.1, -0.05) is 25.8 Å². The average molecular weight is 1120 g/mol. The molecule has 1 atom stereocenters. The summed E-state index contributed by atoms with van der Waals surface area (Å²) in [6, 6.07) is 7.34. The van der Waals surface area contributed by atoms with Crippen LogP contribution >= 0.6 is 15.2 Å². The van der Waals surface area contributed by atoms with Crippen LogP contribution in [0.2, 0.25) is 39.9 Å². The van der Waals surface area contributed by atoms with Crippen molar-refractivity contribution in [3.05, 3.63) is 30.3 Å². The van der Waals surface area contributed by atoms with Crippen molar-refractivity contribution in [2.24, 2.45) is 0 Å². The Balaban J connectivity index is -0.000000644. The third-order valence-corrected chi connectivity index (χ3v) is 39.8. The fourth-order valence-electron chi connectivity index (χ4n) is 5.85. The number of unbranched alkanes of at least 4 members (excludes halogenated alkanes) is 9. The van der Waals surface area contributed by atoms with Crippen molar-refractivity contribution in [3.8, 4) is 5.75 Å². The van der Waals surface area contributed by atoms with Crippen molar-refractivity contribution >= 4 is 74.5 Å². The predicted molar refractivity (Wildman–Crippen MR) is 242 cm³/mol. The van der Waals surface area contributed by atoms with Crippen LogP contribution in [0.3, 0.4) is 0 Å². The second-order valence-electron chi connectivity index (χ2n) is 14.9. The minimum absolute atomic E-state index is 0.0238. The summed E-state index contributed by atoms with van der Waals surface area (Å²) >= 11 is -2.52. The number of rotatable bonds is 31. The Kier molecular flexibility index (Phi) is 49.3. The van der Waals surface area contributed by atoms with Gasteiger partial charge in [0.2, 0.25) is 0 Å². The molecule has 0 bridgehead atoms. The first-order chi connectivity index (χ1) is 25.8. The summed E-state index contributed by atoms with van der Waals surface area (Å²) in [5, 5.41) is 0. The van der Waals surface area contributed by atoms with Crippen LogP contribution in [0, 0.1) is 0 Å². The van der Waals surface area contributed by atoms with Crippen LogP contribution in [0.25, 0.3) is 0 Å². The Morgan fingerprint density at radius 2 is 0.648 bits per heavy atom. The molecule has 0 saturated carbocycles. The van der Waals surface area contributed by atoms with E-state index in [1.54, 1.807) is 46.0 Å². The van der Waals surface area contributed by atoms with Gasteiger partial charge >= 0.3 is 277 Å². The van der Waals surface area contributed by atoms with Crippen LogP contribution in [0.15, 0.2) is 30.3 Å². The summed E-state index contributed by atoms with van der Waals surface area (Å²) in [7, 11) is -9.80. The van der Waals surface area contributed by atoms with E-state index in [9.17, 15) is 23.8 Å². The second-order valence-corrected chi connectivity index (χ2v) is 44.4. The van der Waals surface area contributed by atoms with Crippen molar-refractivity contribution in [2.75, 3.05) is 5.90 Å². The molecule has 54 heavy (non-hydrogen) atoms. The molecule has 1 rings (SSSR count). The van der Waals surface area contributed by atoms with Gasteiger partial charge in [-0.05, 0) is 12.1 Å². The molecule has 1 aromatic rings. The van der Waals surface area contributed by atoms with E-state index < -0.39 is 80.4 Å². The molecule has 0 fully saturated rings. The van der Waals surface area contributed by atoms with E-state index in [0.717, 1.165) is 0 Å². The van der Waals surface area contributed by atoms with Gasteiger partial charge in [0.1, 0.15) is 5.75 Å². The topological polar surface area (TPSA) is 113 Å². The number of hydrogen-bond acceptors (Lipinski definition) is 6. The quantitative estimate of drug-likeness (QED) is 0.0541. The zero-order valence-corrected chi connectivity index (χ0v) is 47.4. The van der Waals surface area contributed by atoms with Gasteiger partial charge in [0.25, 0.3) is 0 Å². The minimum atomic E-state index is -5.12. The van der Waals surface area contributed by atoms with Crippen molar-refractivity contribution in [1.82, 2.24) is 0 Å². The van der Waals surface area contributed by atoms with Gasteiger partial charge in [-0.25, -0.2) is 0 Å². The first kappa shape index (κ1) is 60.1. The molecule has 1 unspecified atom stereocenters. The van der Waals surface area contributed by atoms with E-state index in [0.29, 0.717) is 0 Å². The Morgan fingerprint density at radius 1 is 0.426 bits per heavy atom. The number of benzene rings is 1. The fraction of sp³-hybridized carbons (Fsp3) is 0.860. The maximum Gasteiger partial charge on any atom is 0.189 e. The van der Waals surface area contributed by atoms with Crippen LogP contribution in [-0.2, 0) is 9.13 Å². The largest absolute Gasteiger partial charge is 0.810 e. The van der Waals surface area contributed by atoms with Crippen LogP contribution in [0.5, 0.6) is 5.75 Å². The normalized spacial score (nSPS) is 11.9. The van der Waals surface area contributed by atoms with Gasteiger partial charge in [0.05, 0.1) is 5.90 Å². The minimum Gasteiger partial charge on any atom is -0.810 e. The van der Waals surface area contributed by atoms with Crippen molar-refractivity contribution in [3.63, 3.8) is 0 Å². The molecule has 0 heterocycles. The summed E-state index contributed by atoms with van der Waals surface area (Å²) in [6.07, 6.45) is 26.5. The maximum absolute atomic E-state index is 11.0. The second kappa shape index (κ2) is 44.3. The number of para-hydroxylation sites is 1. The number of hydrogen-bond donors (Lipinski definition) is 0. The summed E-state index contributed by atoms with van der Waals surface area (Å²) in [6.45, 7) is 21.0. The molecule has 0 N–H and O–H groups in total. The average Bonchev–Trinajstić information content (AvgIpc) is 3.14. The third kappa shape index (κ3) is 46.4. The molecule has 0 aromatic heterocycles. The van der Waals surface area contributed by atoms with Gasteiger partial charge in [0, 0.05) is 0 Å². The van der Waals surface area contributed by atoms with E-state index in [1.807, 2.05) is 0 Å². The van der Waals surface area contributed by atoms with E-state index in [2.05, 4.69) is 66.8 Å². The zero-order chi connectivity index (χ0) is 41.4. The molecule has 0 radical (unpaired) electrons. The van der Waals surface area contributed by atoms with Crippen LogP contribution in [-0.4, -0.2) is 65.2 Å². The van der Waals surface area contributed by atoms with Crippen LogP contribution in [0.1, 0.15) is 178 Å². The molecule has 0 aliphatic rings. The van der Waals surface area contributed by atoms with Crippen molar-refractivity contribution in [2.45, 2.75) is 218 Å². The molecular weight excluding hydrogens is 1030 g/mol. The standard InChI is InChI=1S/C7H10O6P2.9C4H9.3Sn/c8-14(9,10)6-15(11,12)13-7-4-2-1-3-5-7;9*1-3-4-2;;;/h1-5H,6H2,(H,11,12)(H2,8,9,10);9*1,3-4H2,2H3;;;/q;;;;;;;;;;3*+1/p-3. The SMILES string of the molecule is CCC[CH2][Sn+]([CH2]CCC)[CH2]CCC.CCC[CH2][Sn+]([CH2]CCC)[CH2]CCC.CCC[CH2][Sn+]([CH2]CCC)[CH2]CCC.O=P([O-])([O-])CP(=O)([O-])Oc1ccccc1. The van der Waals surface area contributed by atoms with E-state index in [4.69, 9.17) is 0 Å². The van der Waals surface area contributed by atoms with E-state index in [1.165, 1.54) is 140 Å². The van der Waals surface area contributed by atoms with E-state index in [-0.39, 0.29) is 5.75 Å². The molecule has 0 amide bonds. The fourth-order valence-corrected chi connectivity index (χ4v) is 36.6. The Morgan fingerprint density at radius 3 is 0.833 bits per heavy atom. The molecule has 0 aliphatic heterocycles. The first-order valence-electron chi connectivity index (χ1n) is 22.4. The molecule has 11 heteroatoms. The summed E-state index contributed by atoms with van der Waals surface area (Å²) in [5.74, 6) is -1.54. The Labute approximate surface area is 359 Å². The molecule has 1 aromatic carbocycles. The zero-order valence-electron chi connectivity index (χ0n) is 37.0. The van der Waals surface area contributed by atoms with Crippen molar-refractivity contribution < 1.29 is 28.3 Å². The maximum atomic E-state index is 11.0. The van der Waals surface area contributed by atoms with Gasteiger partial charge in [0.15, 0.2) is 7.60 Å².